The third-order valence-electron chi connectivity index (χ3n) is 1.55. The molecule has 7 heteroatoms. The van der Waals surface area contributed by atoms with Crippen molar-refractivity contribution in [3.05, 3.63) is 23.4 Å². The summed E-state index contributed by atoms with van der Waals surface area (Å²) in [5.41, 5.74) is 4.99. The Balaban J connectivity index is 2.80. The summed E-state index contributed by atoms with van der Waals surface area (Å²) >= 11 is 5.88. The van der Waals surface area contributed by atoms with E-state index in [0.717, 1.165) is 0 Å². The fraction of sp³-hybridized carbons (Fsp3) is 0.222. The van der Waals surface area contributed by atoms with Gasteiger partial charge in [-0.25, -0.2) is 9.78 Å². The number of rotatable bonds is 2. The number of hydrogen-bond acceptors (Lipinski definition) is 3. The summed E-state index contributed by atoms with van der Waals surface area (Å²) in [6, 6.07) is 2.67. The lowest BCUT2D eigenvalue weighted by Crippen LogP contribution is -2.39. The van der Waals surface area contributed by atoms with Crippen molar-refractivity contribution in [3.8, 4) is 0 Å². The van der Waals surface area contributed by atoms with Gasteiger partial charge >= 0.3 is 6.03 Å². The summed E-state index contributed by atoms with van der Waals surface area (Å²) in [6.45, 7) is 2.32. The number of carbonyl (C=O) groups excluding carboxylic acids is 1. The molecule has 0 aliphatic heterocycles. The summed E-state index contributed by atoms with van der Waals surface area (Å²) < 4.78 is 0. The summed E-state index contributed by atoms with van der Waals surface area (Å²) in [4.78, 5) is 18.7. The molecule has 0 bridgehead atoms. The van der Waals surface area contributed by atoms with E-state index >= 15 is 0 Å². The molecular weight excluding hydrogens is 230 g/mol. The Kier molecular flexibility index (Phi) is 4.53. The molecule has 4 N–H and O–H groups in total. The topological polar surface area (TPSA) is 92.4 Å². The van der Waals surface area contributed by atoms with Gasteiger partial charge in [0.1, 0.15) is 0 Å². The number of hydrogen-bond donors (Lipinski definition) is 3. The number of anilines is 1. The summed E-state index contributed by atoms with van der Waals surface area (Å²) in [5.74, 6) is 0.626. The summed E-state index contributed by atoms with van der Waals surface area (Å²) in [5, 5.41) is 5.54. The zero-order valence-electron chi connectivity index (χ0n) is 8.70. The van der Waals surface area contributed by atoms with E-state index in [1.807, 2.05) is 6.92 Å². The minimum atomic E-state index is -0.702. The molecule has 0 fully saturated rings. The lowest BCUT2D eigenvalue weighted by molar-refractivity contribution is 0.253. The van der Waals surface area contributed by atoms with Crippen LogP contribution in [-0.4, -0.2) is 23.5 Å². The maximum absolute atomic E-state index is 10.7. The number of aliphatic imine (C=N–C) groups is 1. The number of guanidine groups is 1. The number of pyridine rings is 1. The number of nitrogens with two attached hydrogens (primary N) is 1. The number of carbonyl (C=O) groups is 1. The normalized spacial score (nSPS) is 11.0. The predicted octanol–water partition coefficient (Wildman–Crippen LogP) is 1.19. The minimum Gasteiger partial charge on any atom is -0.351 e. The van der Waals surface area contributed by atoms with Crippen LogP contribution >= 0.6 is 11.6 Å². The highest BCUT2D eigenvalue weighted by atomic mass is 35.5. The van der Waals surface area contributed by atoms with Crippen molar-refractivity contribution in [2.24, 2.45) is 10.7 Å². The first-order valence-electron chi connectivity index (χ1n) is 4.62. The number of halogens is 1. The van der Waals surface area contributed by atoms with Gasteiger partial charge in [0, 0.05) is 12.7 Å². The molecule has 6 nitrogen and oxygen atoms in total. The Hall–Kier alpha value is -1.82. The van der Waals surface area contributed by atoms with E-state index in [-0.39, 0.29) is 5.96 Å². The molecule has 0 spiro atoms. The summed E-state index contributed by atoms with van der Waals surface area (Å²) in [6.07, 6.45) is 1.57. The van der Waals surface area contributed by atoms with E-state index < -0.39 is 6.03 Å². The van der Waals surface area contributed by atoms with E-state index in [4.69, 9.17) is 17.3 Å². The smallest absolute Gasteiger partial charge is 0.318 e. The number of primary amides is 1. The van der Waals surface area contributed by atoms with Crippen molar-refractivity contribution >= 4 is 29.4 Å². The molecule has 0 radical (unpaired) electrons. The monoisotopic (exact) mass is 241 g/mol. The molecule has 1 heterocycles. The van der Waals surface area contributed by atoms with E-state index in [0.29, 0.717) is 17.4 Å². The molecule has 1 aromatic rings. The van der Waals surface area contributed by atoms with Crippen molar-refractivity contribution in [2.45, 2.75) is 6.92 Å². The quantitative estimate of drug-likeness (QED) is 0.536. The highest BCUT2D eigenvalue weighted by Gasteiger charge is 2.05. The molecule has 2 amide bonds. The largest absolute Gasteiger partial charge is 0.351 e. The van der Waals surface area contributed by atoms with Crippen LogP contribution < -0.4 is 16.4 Å². The van der Waals surface area contributed by atoms with Crippen molar-refractivity contribution < 1.29 is 4.79 Å². The lowest BCUT2D eigenvalue weighted by Gasteiger charge is -2.09. The molecule has 0 saturated heterocycles. The zero-order valence-corrected chi connectivity index (χ0v) is 9.45. The second-order valence-electron chi connectivity index (χ2n) is 2.77. The van der Waals surface area contributed by atoms with Gasteiger partial charge in [-0.15, -0.1) is 0 Å². The van der Waals surface area contributed by atoms with Crippen molar-refractivity contribution in [2.75, 3.05) is 11.9 Å². The SMILES string of the molecule is CCN=C(NC(N)=O)Nc1ncccc1Cl. The van der Waals surface area contributed by atoms with E-state index in [2.05, 4.69) is 20.6 Å². The second-order valence-corrected chi connectivity index (χ2v) is 3.18. The van der Waals surface area contributed by atoms with Crippen LogP contribution in [0.4, 0.5) is 10.6 Å². The molecular formula is C9H12ClN5O. The van der Waals surface area contributed by atoms with Gasteiger partial charge in [-0.3, -0.25) is 10.3 Å². The Labute approximate surface area is 97.9 Å². The third kappa shape index (κ3) is 3.74. The Morgan fingerprint density at radius 1 is 1.69 bits per heavy atom. The number of urea groups is 1. The van der Waals surface area contributed by atoms with Gasteiger partial charge in [0.25, 0.3) is 0 Å². The number of aromatic nitrogens is 1. The van der Waals surface area contributed by atoms with Crippen LogP contribution in [-0.2, 0) is 0 Å². The number of nitrogens with zero attached hydrogens (tertiary/aromatic N) is 2. The molecule has 0 saturated carbocycles. The van der Waals surface area contributed by atoms with Crippen LogP contribution in [0.15, 0.2) is 23.3 Å². The molecule has 0 aliphatic carbocycles. The van der Waals surface area contributed by atoms with E-state index in [9.17, 15) is 4.79 Å². The Morgan fingerprint density at radius 3 is 3.00 bits per heavy atom. The van der Waals surface area contributed by atoms with Gasteiger partial charge in [-0.05, 0) is 19.1 Å². The van der Waals surface area contributed by atoms with Crippen LogP contribution in [0.25, 0.3) is 0 Å². The van der Waals surface area contributed by atoms with Gasteiger partial charge in [-0.2, -0.15) is 0 Å². The molecule has 1 aromatic heterocycles. The number of nitrogens with one attached hydrogen (secondary N) is 2. The highest BCUT2D eigenvalue weighted by molar-refractivity contribution is 6.33. The van der Waals surface area contributed by atoms with Crippen molar-refractivity contribution in [1.82, 2.24) is 10.3 Å². The van der Waals surface area contributed by atoms with Gasteiger partial charge in [0.15, 0.2) is 5.82 Å². The third-order valence-corrected chi connectivity index (χ3v) is 1.86. The Bertz CT molecular complexity index is 407. The molecule has 86 valence electrons. The van der Waals surface area contributed by atoms with Crippen LogP contribution in [0, 0.1) is 0 Å². The fourth-order valence-electron chi connectivity index (χ4n) is 0.975. The van der Waals surface area contributed by atoms with E-state index in [1.165, 1.54) is 0 Å². The lowest BCUT2D eigenvalue weighted by atomic mass is 10.4. The maximum atomic E-state index is 10.7. The summed E-state index contributed by atoms with van der Waals surface area (Å²) in [7, 11) is 0. The first-order valence-corrected chi connectivity index (χ1v) is 4.99. The highest BCUT2D eigenvalue weighted by Crippen LogP contribution is 2.16. The van der Waals surface area contributed by atoms with Gasteiger partial charge < -0.3 is 11.1 Å². The van der Waals surface area contributed by atoms with Gasteiger partial charge in [0.2, 0.25) is 5.96 Å². The first-order chi connectivity index (χ1) is 7.63. The van der Waals surface area contributed by atoms with E-state index in [1.54, 1.807) is 18.3 Å². The molecule has 16 heavy (non-hydrogen) atoms. The predicted molar refractivity (Wildman–Crippen MR) is 63.6 cm³/mol. The zero-order chi connectivity index (χ0) is 12.0. The van der Waals surface area contributed by atoms with Crippen LogP contribution in [0.3, 0.4) is 0 Å². The van der Waals surface area contributed by atoms with Crippen LogP contribution in [0.1, 0.15) is 6.92 Å². The number of amides is 2. The minimum absolute atomic E-state index is 0.218. The molecule has 1 rings (SSSR count). The molecule has 0 aromatic carbocycles. The molecule has 0 atom stereocenters. The van der Waals surface area contributed by atoms with Crippen LogP contribution in [0.5, 0.6) is 0 Å². The van der Waals surface area contributed by atoms with Crippen molar-refractivity contribution in [1.29, 1.82) is 0 Å². The molecule has 0 unspecified atom stereocenters. The molecule has 0 aliphatic rings. The average molecular weight is 242 g/mol. The standard InChI is InChI=1S/C9H12ClN5O/c1-2-12-9(15-8(11)16)14-7-6(10)4-3-5-13-7/h3-5H,2H2,1H3,(H4,11,12,13,14,15,16). The second kappa shape index (κ2) is 5.92. The Morgan fingerprint density at radius 2 is 2.44 bits per heavy atom. The maximum Gasteiger partial charge on any atom is 0.318 e. The van der Waals surface area contributed by atoms with Gasteiger partial charge in [0.05, 0.1) is 5.02 Å². The van der Waals surface area contributed by atoms with Crippen LogP contribution in [0.2, 0.25) is 5.02 Å². The first kappa shape index (κ1) is 12.3. The van der Waals surface area contributed by atoms with Crippen molar-refractivity contribution in [3.63, 3.8) is 0 Å². The fourth-order valence-corrected chi connectivity index (χ4v) is 1.14. The average Bonchev–Trinajstić information content (AvgIpc) is 2.21. The van der Waals surface area contributed by atoms with Gasteiger partial charge in [-0.1, -0.05) is 11.6 Å².